The Balaban J connectivity index is 1.16. The minimum atomic E-state index is -5.06. The third-order valence-electron chi connectivity index (χ3n) is 19.5. The number of aliphatic carboxylic acids is 1. The van der Waals surface area contributed by atoms with Crippen LogP contribution in [0.4, 0.5) is 0 Å². The maximum Gasteiger partial charge on any atom is 0.472 e. The Morgan fingerprint density at radius 3 is 2.11 bits per heavy atom. The van der Waals surface area contributed by atoms with Gasteiger partial charge in [0.05, 0.1) is 48.6 Å². The number of phosphoric ester groups is 1. The number of hydrogen-bond acceptors (Lipinski definition) is 18. The van der Waals surface area contributed by atoms with Gasteiger partial charge in [-0.2, -0.15) is 0 Å². The van der Waals surface area contributed by atoms with E-state index in [0.29, 0.717) is 69.2 Å². The van der Waals surface area contributed by atoms with Crippen molar-refractivity contribution >= 4 is 77.4 Å². The summed E-state index contributed by atoms with van der Waals surface area (Å²) in [4.78, 5) is 124. The summed E-state index contributed by atoms with van der Waals surface area (Å²) in [5.41, 5.74) is 33.6. The number of rotatable bonds is 27. The van der Waals surface area contributed by atoms with Crippen molar-refractivity contribution < 1.29 is 72.1 Å². The number of hydrogen-bond donors (Lipinski definition) is 11. The maximum absolute atomic E-state index is 14.3. The highest BCUT2D eigenvalue weighted by molar-refractivity contribution is 7.47. The second-order valence-corrected chi connectivity index (χ2v) is 27.5. The van der Waals surface area contributed by atoms with Gasteiger partial charge in [-0.3, -0.25) is 57.6 Å². The third kappa shape index (κ3) is 14.0. The number of fused-ring (bicyclic) bond motifs is 7. The minimum Gasteiger partial charge on any atom is -0.481 e. The van der Waals surface area contributed by atoms with Crippen LogP contribution in [0.1, 0.15) is 143 Å². The summed E-state index contributed by atoms with van der Waals surface area (Å²) in [6, 6.07) is 1.81. The number of benzene rings is 1. The number of carboxylic acids is 1. The fraction of sp³-hybridized carbons (Fsp3) is 0.623. The van der Waals surface area contributed by atoms with Crippen molar-refractivity contribution in [3.8, 4) is 0 Å². The second kappa shape index (κ2) is 26.4. The van der Waals surface area contributed by atoms with Gasteiger partial charge in [0.25, 0.3) is 0 Å². The number of allylic oxidation sites excluding steroid dienone is 6. The molecule has 0 radical (unpaired) electrons. The number of amides is 6. The van der Waals surface area contributed by atoms with Crippen molar-refractivity contribution in [1.82, 2.24) is 20.2 Å². The van der Waals surface area contributed by atoms with E-state index >= 15 is 0 Å². The monoisotopic (exact) mass is 1260 g/mol. The van der Waals surface area contributed by atoms with Gasteiger partial charge in [-0.15, -0.1) is 0 Å². The molecule has 6 aliphatic heterocycles. The van der Waals surface area contributed by atoms with E-state index in [4.69, 9.17) is 57.4 Å². The molecule has 12 unspecified atom stereocenters. The molecule has 486 valence electrons. The number of nitrogens with zero attached hydrogens (tertiary/aromatic N) is 5. The number of aromatic nitrogens is 2. The quantitative estimate of drug-likeness (QED) is 0.0571. The number of carboxylic acid groups (broad SMARTS) is 1. The first-order valence-electron chi connectivity index (χ1n) is 30.3. The molecule has 6 aliphatic rings. The fourth-order valence-corrected chi connectivity index (χ4v) is 16.0. The molecule has 89 heavy (non-hydrogen) atoms. The topological polar surface area (TPSA) is 454 Å². The van der Waals surface area contributed by atoms with E-state index in [1.54, 1.807) is 11.5 Å². The van der Waals surface area contributed by atoms with Crippen LogP contribution in [-0.4, -0.2) is 138 Å². The largest absolute Gasteiger partial charge is 0.481 e. The molecule has 2 fully saturated rings. The lowest BCUT2D eigenvalue weighted by molar-refractivity contribution is -0.139. The zero-order valence-electron chi connectivity index (χ0n) is 52.0. The van der Waals surface area contributed by atoms with E-state index in [2.05, 4.69) is 15.6 Å². The predicted molar refractivity (Wildman–Crippen MR) is 327 cm³/mol. The molecule has 28 heteroatoms. The average molecular weight is 1260 g/mol. The predicted octanol–water partition coefficient (Wildman–Crippen LogP) is 3.37. The van der Waals surface area contributed by atoms with E-state index in [-0.39, 0.29) is 70.8 Å². The number of phosphoric acid groups is 1. The summed E-state index contributed by atoms with van der Waals surface area (Å²) >= 11 is 0. The van der Waals surface area contributed by atoms with Crippen LogP contribution < -0.4 is 39.3 Å². The smallest absolute Gasteiger partial charge is 0.472 e. The highest BCUT2D eigenvalue weighted by atomic mass is 31.2. The van der Waals surface area contributed by atoms with Crippen LogP contribution in [-0.2, 0) is 51.9 Å². The molecular formula is C61H87N12O15P. The van der Waals surface area contributed by atoms with Gasteiger partial charge in [0.1, 0.15) is 18.3 Å². The van der Waals surface area contributed by atoms with Crippen LogP contribution >= 0.6 is 7.82 Å². The van der Waals surface area contributed by atoms with E-state index in [9.17, 15) is 58.3 Å². The Bertz CT molecular complexity index is 3440. The van der Waals surface area contributed by atoms with Gasteiger partial charge in [0, 0.05) is 125 Å². The molecule has 1 aromatic carbocycles. The second-order valence-electron chi connectivity index (χ2n) is 26.1. The Kier molecular flexibility index (Phi) is 20.2. The highest BCUT2D eigenvalue weighted by Crippen LogP contribution is 2.57. The molecule has 15 atom stereocenters. The molecule has 2 saturated heterocycles. The van der Waals surface area contributed by atoms with E-state index in [0.717, 1.165) is 11.1 Å². The first kappa shape index (κ1) is 67.9. The van der Waals surface area contributed by atoms with Gasteiger partial charge in [0.2, 0.25) is 35.4 Å². The Morgan fingerprint density at radius 1 is 0.831 bits per heavy atom. The Labute approximate surface area is 516 Å². The van der Waals surface area contributed by atoms with Crippen LogP contribution in [0.25, 0.3) is 11.0 Å². The first-order valence-corrected chi connectivity index (χ1v) is 31.8. The number of nitrogens with one attached hydrogen (secondary N) is 2. The molecule has 27 nitrogen and oxygen atoms in total. The number of aliphatic hydroxyl groups excluding tert-OH is 2. The summed E-state index contributed by atoms with van der Waals surface area (Å²) in [5.74, 6) is -8.20. The number of aliphatic imine (C=N–C) groups is 3. The lowest BCUT2D eigenvalue weighted by Crippen LogP contribution is -2.44. The average Bonchev–Trinajstić information content (AvgIpc) is 1.61. The van der Waals surface area contributed by atoms with Crippen molar-refractivity contribution in [3.63, 3.8) is 0 Å². The lowest BCUT2D eigenvalue weighted by atomic mass is 9.64. The zero-order valence-corrected chi connectivity index (χ0v) is 52.9. The molecular weight excluding hydrogens is 1170 g/mol. The molecule has 2 aromatic rings. The minimum absolute atomic E-state index is 0.000605. The molecule has 6 amide bonds. The van der Waals surface area contributed by atoms with Crippen LogP contribution in [0, 0.1) is 59.7 Å². The van der Waals surface area contributed by atoms with Crippen molar-refractivity contribution in [1.29, 1.82) is 0 Å². The summed E-state index contributed by atoms with van der Waals surface area (Å²) in [6.07, 6.45) is -3.75. The van der Waals surface area contributed by atoms with Crippen molar-refractivity contribution in [2.75, 3.05) is 13.2 Å². The van der Waals surface area contributed by atoms with Crippen molar-refractivity contribution in [2.45, 2.75) is 182 Å². The number of aliphatic hydroxyl groups is 2. The number of nitrogens with two attached hydrogens (primary N) is 5. The maximum atomic E-state index is 14.3. The SMILES string of the molecule is CC1=C2N/C(=C\C3=NC(=C(/C)C4=NC(C5N=C1C(CCC(N)=O)C5CC(N)=O)[C@H](CC(N)=O)C4(C)CCC(=O)NCC(C)OP(=O)(O)O[C@@H]1C(CO)OC(n4cnc5cc(C)c(C)cc54)C1O)/[C@H](CCC(N)=O)C3(C)C)C(CCCC(N)=O)C2(C)CC(=O)O. The summed E-state index contributed by atoms with van der Waals surface area (Å²) < 4.78 is 32.2. The van der Waals surface area contributed by atoms with Gasteiger partial charge in [-0.25, -0.2) is 9.55 Å². The molecule has 8 bridgehead atoms. The molecule has 0 saturated carbocycles. The van der Waals surface area contributed by atoms with Crippen molar-refractivity contribution in [2.24, 2.45) is 89.5 Å². The van der Waals surface area contributed by atoms with Crippen LogP contribution in [0.3, 0.4) is 0 Å². The number of carbonyl (C=O) groups is 7. The molecule has 7 heterocycles. The third-order valence-corrected chi connectivity index (χ3v) is 20.7. The Hall–Kier alpha value is -7.00. The van der Waals surface area contributed by atoms with E-state index in [1.807, 2.05) is 66.7 Å². The first-order chi connectivity index (χ1) is 41.6. The summed E-state index contributed by atoms with van der Waals surface area (Å²) in [5, 5.41) is 38.8. The summed E-state index contributed by atoms with van der Waals surface area (Å²) in [7, 11) is -5.06. The number of carbonyl (C=O) groups excluding carboxylic acids is 6. The zero-order chi connectivity index (χ0) is 65.6. The molecule has 1 aromatic heterocycles. The summed E-state index contributed by atoms with van der Waals surface area (Å²) in [6.45, 7) is 15.5. The van der Waals surface area contributed by atoms with Crippen LogP contribution in [0.5, 0.6) is 0 Å². The number of primary amides is 5. The standard InChI is InChI=1S/C61H87N12O15P/c1-28-19-39-40(20-29(28)2)73(27-68-39)58-54(83)55(41(26-74)86-58)88-89(84,85)87-30(3)25-67-48(80)17-18-60(8)37(22-47(66)79)53-52-34(21-46(65)78)33(13-15-44(63)76)50(71-52)31(4)57-61(9,24-49(81)82)35(11-10-12-43(62)75)38(69-57)23-42-59(6,7)36(14-16-45(64)77)51(70-42)32(5)56(60)72-53/h19-20,23,27,30,33-37,41,52-55,58,69,74,83H,10-18,21-22,24-26H2,1-9H3,(H2,62,75)(H2,63,76)(H2,64,77)(H2,65,78)(H2,66,79)(H,67,80)(H,81,82)(H,84,85)/b38-23-,51-32-,57-31?/t30?,33?,34?,35?,36-,37-,41?,52?,53?,54?,55+,58?,60?,61?/m0/s1. The lowest BCUT2D eigenvalue weighted by Gasteiger charge is -2.38. The number of ether oxygens (including phenoxy) is 1. The Morgan fingerprint density at radius 2 is 1.48 bits per heavy atom. The highest BCUT2D eigenvalue weighted by Gasteiger charge is 2.58. The molecule has 0 spiro atoms. The molecule has 8 rings (SSSR count). The van der Waals surface area contributed by atoms with Gasteiger partial charge >= 0.3 is 13.8 Å². The van der Waals surface area contributed by atoms with Crippen molar-refractivity contribution in [3.05, 3.63) is 63.9 Å². The normalized spacial score (nSPS) is 32.0. The number of imidazole rings is 1. The van der Waals surface area contributed by atoms with Crippen LogP contribution in [0.2, 0.25) is 0 Å². The van der Waals surface area contributed by atoms with E-state index in [1.165, 1.54) is 13.3 Å². The van der Waals surface area contributed by atoms with Crippen LogP contribution in [0.15, 0.2) is 67.8 Å². The molecule has 16 N–H and O–H groups in total. The molecule has 0 aliphatic carbocycles. The van der Waals surface area contributed by atoms with Gasteiger partial charge in [-0.1, -0.05) is 27.7 Å². The van der Waals surface area contributed by atoms with E-state index < -0.39 is 144 Å². The number of aryl methyl sites for hydroxylation is 2. The fourth-order valence-electron chi connectivity index (χ4n) is 14.8. The van der Waals surface area contributed by atoms with Gasteiger partial charge < -0.3 is 68.8 Å². The van der Waals surface area contributed by atoms with Gasteiger partial charge in [-0.05, 0) is 107 Å². The van der Waals surface area contributed by atoms with Gasteiger partial charge in [0.15, 0.2) is 6.23 Å².